The standard InChI is InChI=1S/C22H24ClF2N5O.HI/c1-2-27-22(29-13-18-11-19(23)6-7-20(18)31-21(24)25)28-12-16-4-3-5-17(10-16)14-30-9-8-26-15-30;/h3-11,15,21H,2,12-14H2,1H3,(H2,27,28,29);1H. The van der Waals surface area contributed by atoms with Gasteiger partial charge in [0.05, 0.1) is 12.9 Å². The molecule has 0 aliphatic heterocycles. The number of aliphatic imine (C=N–C) groups is 1. The van der Waals surface area contributed by atoms with Crippen LogP contribution < -0.4 is 15.4 Å². The Balaban J connectivity index is 0.00000363. The van der Waals surface area contributed by atoms with Gasteiger partial charge in [0, 0.05) is 42.6 Å². The fourth-order valence-electron chi connectivity index (χ4n) is 3.01. The van der Waals surface area contributed by atoms with Gasteiger partial charge in [0.15, 0.2) is 5.96 Å². The minimum atomic E-state index is -2.91. The lowest BCUT2D eigenvalue weighted by molar-refractivity contribution is -0.0504. The summed E-state index contributed by atoms with van der Waals surface area (Å²) in [7, 11) is 0. The van der Waals surface area contributed by atoms with E-state index in [4.69, 9.17) is 11.6 Å². The number of guanidine groups is 1. The van der Waals surface area contributed by atoms with Crippen molar-refractivity contribution >= 4 is 41.5 Å². The van der Waals surface area contributed by atoms with Crippen molar-refractivity contribution in [3.63, 3.8) is 0 Å². The summed E-state index contributed by atoms with van der Waals surface area (Å²) in [6.45, 7) is 1.13. The highest BCUT2D eigenvalue weighted by Crippen LogP contribution is 2.24. The molecule has 3 rings (SSSR count). The third-order valence-electron chi connectivity index (χ3n) is 4.36. The van der Waals surface area contributed by atoms with Gasteiger partial charge in [-0.1, -0.05) is 35.9 Å². The number of aromatic nitrogens is 2. The normalized spacial score (nSPS) is 11.2. The maximum absolute atomic E-state index is 12.7. The number of alkyl halides is 2. The number of rotatable bonds is 9. The van der Waals surface area contributed by atoms with Crippen LogP contribution in [0, 0.1) is 0 Å². The average molecular weight is 576 g/mol. The van der Waals surface area contributed by atoms with E-state index in [0.717, 1.165) is 17.7 Å². The minimum absolute atomic E-state index is 0. The summed E-state index contributed by atoms with van der Waals surface area (Å²) in [5, 5.41) is 6.74. The third-order valence-corrected chi connectivity index (χ3v) is 4.60. The molecule has 0 atom stereocenters. The molecule has 2 aromatic carbocycles. The number of nitrogens with one attached hydrogen (secondary N) is 2. The van der Waals surface area contributed by atoms with Crippen LogP contribution in [0.1, 0.15) is 23.6 Å². The Morgan fingerprint density at radius 1 is 1.19 bits per heavy atom. The summed E-state index contributed by atoms with van der Waals surface area (Å²) in [6, 6.07) is 12.7. The number of halogens is 4. The number of nitrogens with zero attached hydrogens (tertiary/aromatic N) is 3. The molecule has 0 saturated heterocycles. The van der Waals surface area contributed by atoms with E-state index < -0.39 is 6.61 Å². The van der Waals surface area contributed by atoms with Crippen LogP contribution in [0.5, 0.6) is 5.75 Å². The van der Waals surface area contributed by atoms with Gasteiger partial charge in [-0.15, -0.1) is 24.0 Å². The first-order valence-electron chi connectivity index (χ1n) is 9.82. The largest absolute Gasteiger partial charge is 0.434 e. The highest BCUT2D eigenvalue weighted by atomic mass is 127. The van der Waals surface area contributed by atoms with Crippen LogP contribution in [0.25, 0.3) is 0 Å². The summed E-state index contributed by atoms with van der Waals surface area (Å²) in [6.07, 6.45) is 5.44. The van der Waals surface area contributed by atoms with Gasteiger partial charge in [0.2, 0.25) is 0 Å². The molecular formula is C22H25ClF2IN5O. The molecule has 0 bridgehead atoms. The molecule has 0 radical (unpaired) electrons. The fraction of sp³-hybridized carbons (Fsp3) is 0.273. The average Bonchev–Trinajstić information content (AvgIpc) is 3.25. The maximum Gasteiger partial charge on any atom is 0.387 e. The zero-order chi connectivity index (χ0) is 22.1. The molecule has 0 amide bonds. The number of hydrogen-bond acceptors (Lipinski definition) is 3. The van der Waals surface area contributed by atoms with Crippen LogP contribution in [0.2, 0.25) is 5.02 Å². The molecule has 6 nitrogen and oxygen atoms in total. The van der Waals surface area contributed by atoms with Crippen LogP contribution in [0.15, 0.2) is 66.2 Å². The second-order valence-electron chi connectivity index (χ2n) is 6.73. The van der Waals surface area contributed by atoms with Crippen molar-refractivity contribution in [2.24, 2.45) is 4.99 Å². The van der Waals surface area contributed by atoms with Crippen molar-refractivity contribution in [1.29, 1.82) is 0 Å². The highest BCUT2D eigenvalue weighted by Gasteiger charge is 2.11. The maximum atomic E-state index is 12.7. The van der Waals surface area contributed by atoms with Gasteiger partial charge in [-0.3, -0.25) is 0 Å². The molecule has 172 valence electrons. The first-order valence-corrected chi connectivity index (χ1v) is 10.2. The molecule has 32 heavy (non-hydrogen) atoms. The van der Waals surface area contributed by atoms with Crippen LogP contribution in [-0.4, -0.2) is 28.7 Å². The molecule has 0 unspecified atom stereocenters. The molecule has 0 spiro atoms. The molecular weight excluding hydrogens is 551 g/mol. The molecule has 0 aliphatic carbocycles. The zero-order valence-electron chi connectivity index (χ0n) is 17.5. The van der Waals surface area contributed by atoms with E-state index in [1.807, 2.05) is 29.8 Å². The molecule has 1 aromatic heterocycles. The van der Waals surface area contributed by atoms with E-state index >= 15 is 0 Å². The van der Waals surface area contributed by atoms with E-state index in [9.17, 15) is 8.78 Å². The van der Waals surface area contributed by atoms with Crippen molar-refractivity contribution < 1.29 is 13.5 Å². The van der Waals surface area contributed by atoms with Crippen molar-refractivity contribution in [3.8, 4) is 5.75 Å². The number of imidazole rings is 1. The van der Waals surface area contributed by atoms with Crippen LogP contribution >= 0.6 is 35.6 Å². The quantitative estimate of drug-likeness (QED) is 0.213. The Hall–Kier alpha value is -2.40. The molecule has 10 heteroatoms. The fourth-order valence-corrected chi connectivity index (χ4v) is 3.20. The van der Waals surface area contributed by atoms with E-state index in [1.165, 1.54) is 12.1 Å². The van der Waals surface area contributed by atoms with Crippen molar-refractivity contribution in [2.75, 3.05) is 6.54 Å². The second-order valence-corrected chi connectivity index (χ2v) is 7.17. The Kier molecular flexibility index (Phi) is 10.7. The lowest BCUT2D eigenvalue weighted by atomic mass is 10.1. The SMILES string of the molecule is CCNC(=NCc1cccc(Cn2ccnc2)c1)NCc1cc(Cl)ccc1OC(F)F.I. The minimum Gasteiger partial charge on any atom is -0.434 e. The third kappa shape index (κ3) is 8.27. The summed E-state index contributed by atoms with van der Waals surface area (Å²) in [5.74, 6) is 0.639. The Labute approximate surface area is 208 Å². The van der Waals surface area contributed by atoms with Gasteiger partial charge in [0.25, 0.3) is 0 Å². The van der Waals surface area contributed by atoms with E-state index in [1.54, 1.807) is 18.6 Å². The number of hydrogen-bond donors (Lipinski definition) is 2. The van der Waals surface area contributed by atoms with Gasteiger partial charge in [0.1, 0.15) is 5.75 Å². The molecule has 1 heterocycles. The van der Waals surface area contributed by atoms with Crippen molar-refractivity contribution in [2.45, 2.75) is 33.2 Å². The summed E-state index contributed by atoms with van der Waals surface area (Å²) < 4.78 is 31.9. The van der Waals surface area contributed by atoms with Crippen LogP contribution in [0.4, 0.5) is 8.78 Å². The summed E-state index contributed by atoms with van der Waals surface area (Å²) in [5.41, 5.74) is 2.72. The molecule has 0 aliphatic rings. The first kappa shape index (κ1) is 25.9. The molecule has 0 saturated carbocycles. The Morgan fingerprint density at radius 3 is 2.72 bits per heavy atom. The Morgan fingerprint density at radius 2 is 2.00 bits per heavy atom. The van der Waals surface area contributed by atoms with Crippen LogP contribution in [-0.2, 0) is 19.6 Å². The van der Waals surface area contributed by atoms with E-state index in [2.05, 4.69) is 37.5 Å². The second kappa shape index (κ2) is 13.2. The monoisotopic (exact) mass is 575 g/mol. The predicted molar refractivity (Wildman–Crippen MR) is 133 cm³/mol. The van der Waals surface area contributed by atoms with Gasteiger partial charge >= 0.3 is 6.61 Å². The lowest BCUT2D eigenvalue weighted by Crippen LogP contribution is -2.36. The lowest BCUT2D eigenvalue weighted by Gasteiger charge is -2.15. The van der Waals surface area contributed by atoms with Gasteiger partial charge in [-0.25, -0.2) is 9.98 Å². The molecule has 2 N–H and O–H groups in total. The van der Waals surface area contributed by atoms with Crippen LogP contribution in [0.3, 0.4) is 0 Å². The smallest absolute Gasteiger partial charge is 0.387 e. The van der Waals surface area contributed by atoms with Crippen molar-refractivity contribution in [1.82, 2.24) is 20.2 Å². The number of benzene rings is 2. The molecule has 0 fully saturated rings. The van der Waals surface area contributed by atoms with Gasteiger partial charge < -0.3 is 19.9 Å². The van der Waals surface area contributed by atoms with E-state index in [0.29, 0.717) is 29.6 Å². The molecule has 3 aromatic rings. The topological polar surface area (TPSA) is 63.5 Å². The summed E-state index contributed by atoms with van der Waals surface area (Å²) >= 11 is 6.01. The van der Waals surface area contributed by atoms with Gasteiger partial charge in [-0.2, -0.15) is 8.78 Å². The zero-order valence-corrected chi connectivity index (χ0v) is 20.6. The van der Waals surface area contributed by atoms with Gasteiger partial charge in [-0.05, 0) is 36.2 Å². The predicted octanol–water partition coefficient (Wildman–Crippen LogP) is 5.06. The van der Waals surface area contributed by atoms with Crippen molar-refractivity contribution in [3.05, 3.63) is 82.9 Å². The van der Waals surface area contributed by atoms with E-state index in [-0.39, 0.29) is 36.3 Å². The summed E-state index contributed by atoms with van der Waals surface area (Å²) in [4.78, 5) is 8.66. The first-order chi connectivity index (χ1) is 15.0. The highest BCUT2D eigenvalue weighted by molar-refractivity contribution is 14.0. The number of ether oxygens (including phenoxy) is 1. The Bertz CT molecular complexity index is 1000.